The molecule has 2 aromatic carbocycles. The van der Waals surface area contributed by atoms with Crippen LogP contribution in [0.5, 0.6) is 0 Å². The third kappa shape index (κ3) is 6.66. The Hall–Kier alpha value is -1.21. The molecule has 0 heterocycles. The minimum atomic E-state index is -0.350. The van der Waals surface area contributed by atoms with Crippen LogP contribution in [0.15, 0.2) is 60.7 Å². The molecule has 3 heteroatoms. The van der Waals surface area contributed by atoms with E-state index in [0.717, 1.165) is 50.0 Å². The van der Waals surface area contributed by atoms with Crippen LogP contribution in [0.3, 0.4) is 0 Å². The van der Waals surface area contributed by atoms with E-state index < -0.39 is 0 Å². The molecule has 0 saturated heterocycles. The third-order valence-corrected chi connectivity index (χ3v) is 10.3. The Labute approximate surface area is 197 Å². The SMILES string of the molecule is CCCO[C@@H](CCC(C)(C)C1CC(C)C(P(c2ccccc2)c2ccccc2)C1)OCC. The van der Waals surface area contributed by atoms with Crippen LogP contribution in [0.4, 0.5) is 0 Å². The molecule has 0 radical (unpaired) electrons. The predicted octanol–water partition coefficient (Wildman–Crippen LogP) is 7.13. The van der Waals surface area contributed by atoms with Gasteiger partial charge in [-0.1, -0.05) is 88.4 Å². The molecular formula is C29H43O2P. The highest BCUT2D eigenvalue weighted by molar-refractivity contribution is 7.73. The minimum Gasteiger partial charge on any atom is -0.353 e. The van der Waals surface area contributed by atoms with Crippen LogP contribution in [0.25, 0.3) is 0 Å². The highest BCUT2D eigenvalue weighted by Gasteiger charge is 2.43. The highest BCUT2D eigenvalue weighted by Crippen LogP contribution is 2.56. The lowest BCUT2D eigenvalue weighted by Crippen LogP contribution is -2.27. The highest BCUT2D eigenvalue weighted by atomic mass is 31.1. The first kappa shape index (κ1) is 25.4. The molecule has 1 aliphatic rings. The van der Waals surface area contributed by atoms with Gasteiger partial charge in [0.05, 0.1) is 0 Å². The third-order valence-electron chi connectivity index (χ3n) is 7.23. The van der Waals surface area contributed by atoms with Gasteiger partial charge in [-0.2, -0.15) is 0 Å². The van der Waals surface area contributed by atoms with Crippen molar-refractivity contribution >= 4 is 18.5 Å². The zero-order chi connectivity index (χ0) is 23.0. The summed E-state index contributed by atoms with van der Waals surface area (Å²) in [7, 11) is -0.350. The van der Waals surface area contributed by atoms with Gasteiger partial charge in [0.1, 0.15) is 0 Å². The topological polar surface area (TPSA) is 18.5 Å². The van der Waals surface area contributed by atoms with Gasteiger partial charge in [-0.15, -0.1) is 0 Å². The molecule has 0 spiro atoms. The van der Waals surface area contributed by atoms with Crippen LogP contribution >= 0.6 is 7.92 Å². The minimum absolute atomic E-state index is 0.0559. The summed E-state index contributed by atoms with van der Waals surface area (Å²) in [5.41, 5.74) is 1.03. The fourth-order valence-corrected chi connectivity index (χ4v) is 8.42. The summed E-state index contributed by atoms with van der Waals surface area (Å²) in [6.45, 7) is 13.2. The van der Waals surface area contributed by atoms with Gasteiger partial charge >= 0.3 is 0 Å². The first-order chi connectivity index (χ1) is 15.5. The van der Waals surface area contributed by atoms with Crippen molar-refractivity contribution in [3.8, 4) is 0 Å². The van der Waals surface area contributed by atoms with Gasteiger partial charge in [-0.3, -0.25) is 0 Å². The molecule has 3 rings (SSSR count). The van der Waals surface area contributed by atoms with Crippen LogP contribution in [0.2, 0.25) is 0 Å². The molecule has 2 nitrogen and oxygen atoms in total. The molecule has 176 valence electrons. The van der Waals surface area contributed by atoms with Crippen molar-refractivity contribution in [3.63, 3.8) is 0 Å². The van der Waals surface area contributed by atoms with Crippen LogP contribution in [0.1, 0.15) is 66.7 Å². The molecule has 32 heavy (non-hydrogen) atoms. The van der Waals surface area contributed by atoms with Crippen LogP contribution in [-0.4, -0.2) is 25.2 Å². The van der Waals surface area contributed by atoms with Gasteiger partial charge < -0.3 is 9.47 Å². The molecule has 0 N–H and O–H groups in total. The molecule has 0 bridgehead atoms. The van der Waals surface area contributed by atoms with Crippen molar-refractivity contribution in [2.75, 3.05) is 13.2 Å². The summed E-state index contributed by atoms with van der Waals surface area (Å²) in [4.78, 5) is 0. The van der Waals surface area contributed by atoms with Crippen LogP contribution in [-0.2, 0) is 9.47 Å². The number of hydrogen-bond donors (Lipinski definition) is 0. The van der Waals surface area contributed by atoms with Gasteiger partial charge in [0, 0.05) is 13.2 Å². The number of hydrogen-bond acceptors (Lipinski definition) is 2. The van der Waals surface area contributed by atoms with Crippen molar-refractivity contribution < 1.29 is 9.47 Å². The smallest absolute Gasteiger partial charge is 0.157 e. The predicted molar refractivity (Wildman–Crippen MR) is 139 cm³/mol. The fourth-order valence-electron chi connectivity index (χ4n) is 5.28. The van der Waals surface area contributed by atoms with E-state index in [9.17, 15) is 0 Å². The van der Waals surface area contributed by atoms with Crippen LogP contribution < -0.4 is 10.6 Å². The number of benzene rings is 2. The van der Waals surface area contributed by atoms with E-state index >= 15 is 0 Å². The lowest BCUT2D eigenvalue weighted by atomic mass is 9.74. The normalized spacial score (nSPS) is 22.4. The fraction of sp³-hybridized carbons (Fsp3) is 0.586. The maximum Gasteiger partial charge on any atom is 0.157 e. The molecule has 0 aliphatic heterocycles. The Bertz CT molecular complexity index is 737. The Morgan fingerprint density at radius 2 is 1.50 bits per heavy atom. The second-order valence-corrected chi connectivity index (χ2v) is 12.5. The summed E-state index contributed by atoms with van der Waals surface area (Å²) in [6, 6.07) is 22.5. The van der Waals surface area contributed by atoms with E-state index in [0.29, 0.717) is 5.41 Å². The van der Waals surface area contributed by atoms with Gasteiger partial charge in [0.25, 0.3) is 0 Å². The Morgan fingerprint density at radius 1 is 0.906 bits per heavy atom. The number of rotatable bonds is 12. The maximum absolute atomic E-state index is 5.97. The van der Waals surface area contributed by atoms with E-state index in [1.54, 1.807) is 0 Å². The van der Waals surface area contributed by atoms with Crippen molar-refractivity contribution in [1.29, 1.82) is 0 Å². The monoisotopic (exact) mass is 454 g/mol. The zero-order valence-corrected chi connectivity index (χ0v) is 21.7. The quantitative estimate of drug-likeness (QED) is 0.251. The molecule has 1 fully saturated rings. The first-order valence-corrected chi connectivity index (χ1v) is 14.0. The first-order valence-electron chi connectivity index (χ1n) is 12.6. The van der Waals surface area contributed by atoms with Gasteiger partial charge in [0.2, 0.25) is 0 Å². The Kier molecular flexibility index (Phi) is 9.77. The summed E-state index contributed by atoms with van der Waals surface area (Å²) in [6.07, 6.45) is 5.77. The summed E-state index contributed by atoms with van der Waals surface area (Å²) in [5.74, 6) is 1.48. The van der Waals surface area contributed by atoms with Crippen LogP contribution in [0, 0.1) is 17.3 Å². The summed E-state index contributed by atoms with van der Waals surface area (Å²) in [5, 5.41) is 3.04. The Morgan fingerprint density at radius 3 is 2.03 bits per heavy atom. The van der Waals surface area contributed by atoms with Crippen molar-refractivity contribution in [2.24, 2.45) is 17.3 Å². The average Bonchev–Trinajstić information content (AvgIpc) is 3.19. The van der Waals surface area contributed by atoms with Crippen molar-refractivity contribution in [1.82, 2.24) is 0 Å². The zero-order valence-electron chi connectivity index (χ0n) is 20.8. The van der Waals surface area contributed by atoms with Gasteiger partial charge in [-0.25, -0.2) is 0 Å². The lowest BCUT2D eigenvalue weighted by molar-refractivity contribution is -0.147. The van der Waals surface area contributed by atoms with Gasteiger partial charge in [-0.05, 0) is 80.5 Å². The second kappa shape index (κ2) is 12.3. The molecule has 1 saturated carbocycles. The summed E-state index contributed by atoms with van der Waals surface area (Å²) < 4.78 is 11.8. The second-order valence-electron chi connectivity index (χ2n) is 10.0. The van der Waals surface area contributed by atoms with Crippen molar-refractivity contribution in [3.05, 3.63) is 60.7 Å². The standard InChI is InChI=1S/C29H43O2P/c1-6-20-31-28(30-7-2)18-19-29(4,5)24-21-23(3)27(22-24)32(25-14-10-8-11-15-25)26-16-12-9-13-17-26/h8-17,23-24,27-28H,6-7,18-22H2,1-5H3/t23?,24?,27?,28-/m0/s1. The Balaban J connectivity index is 1.73. The van der Waals surface area contributed by atoms with Gasteiger partial charge in [0.15, 0.2) is 6.29 Å². The summed E-state index contributed by atoms with van der Waals surface area (Å²) >= 11 is 0. The van der Waals surface area contributed by atoms with E-state index in [1.165, 1.54) is 23.5 Å². The molecule has 3 unspecified atom stereocenters. The van der Waals surface area contributed by atoms with E-state index in [2.05, 4.69) is 95.3 Å². The van der Waals surface area contributed by atoms with E-state index in [-0.39, 0.29) is 14.2 Å². The van der Waals surface area contributed by atoms with E-state index in [1.807, 2.05) is 0 Å². The largest absolute Gasteiger partial charge is 0.353 e. The average molecular weight is 455 g/mol. The van der Waals surface area contributed by atoms with E-state index in [4.69, 9.17) is 9.47 Å². The molecule has 2 aromatic rings. The molecule has 1 aliphatic carbocycles. The molecule has 4 atom stereocenters. The number of ether oxygens (including phenoxy) is 2. The molecular weight excluding hydrogens is 411 g/mol. The lowest BCUT2D eigenvalue weighted by Gasteiger charge is -2.34. The maximum atomic E-state index is 5.97. The van der Waals surface area contributed by atoms with Crippen molar-refractivity contribution in [2.45, 2.75) is 78.7 Å². The molecule has 0 aromatic heterocycles. The molecule has 0 amide bonds.